The molecule has 3 rings (SSSR count). The van der Waals surface area contributed by atoms with Crippen molar-refractivity contribution in [2.24, 2.45) is 4.99 Å². The number of halogens is 2. The number of nitrogens with zero attached hydrogens (tertiary/aromatic N) is 4. The van der Waals surface area contributed by atoms with E-state index in [1.165, 1.54) is 6.07 Å². The number of benzene rings is 1. The van der Waals surface area contributed by atoms with Gasteiger partial charge in [0.1, 0.15) is 0 Å². The fraction of sp³-hybridized carbons (Fsp3) is 0.435. The van der Waals surface area contributed by atoms with Crippen molar-refractivity contribution in [3.05, 3.63) is 54.0 Å². The molecule has 3 N–H and O–H groups in total. The summed E-state index contributed by atoms with van der Waals surface area (Å²) < 4.78 is 14.0. The highest BCUT2D eigenvalue weighted by atomic mass is 127. The van der Waals surface area contributed by atoms with Crippen molar-refractivity contribution in [1.82, 2.24) is 20.5 Å². The van der Waals surface area contributed by atoms with Crippen LogP contribution in [0.3, 0.4) is 0 Å². The molecule has 10 heteroatoms. The average Bonchev–Trinajstić information content (AvgIpc) is 3.20. The number of aliphatic imine (C=N–C) groups is 1. The molecule has 1 unspecified atom stereocenters. The number of hydrogen-bond donors (Lipinski definition) is 3. The van der Waals surface area contributed by atoms with Crippen molar-refractivity contribution in [2.45, 2.75) is 25.9 Å². The first kappa shape index (κ1) is 26.8. The van der Waals surface area contributed by atoms with E-state index >= 15 is 0 Å². The molecule has 1 aliphatic heterocycles. The van der Waals surface area contributed by atoms with Gasteiger partial charge in [0.05, 0.1) is 13.1 Å². The second-order valence-electron chi connectivity index (χ2n) is 8.07. The van der Waals surface area contributed by atoms with E-state index in [0.717, 1.165) is 30.8 Å². The SMILES string of the molecule is CCNC(=NCc1cccc(NC(=O)CN(C)C)c1)NC1CCN(c2ncccc2F)C1.I. The van der Waals surface area contributed by atoms with Gasteiger partial charge in [-0.15, -0.1) is 24.0 Å². The van der Waals surface area contributed by atoms with E-state index in [2.05, 4.69) is 20.9 Å². The van der Waals surface area contributed by atoms with Crippen molar-refractivity contribution in [1.29, 1.82) is 0 Å². The van der Waals surface area contributed by atoms with Gasteiger partial charge in [-0.05, 0) is 57.3 Å². The van der Waals surface area contributed by atoms with E-state index in [4.69, 9.17) is 4.99 Å². The molecule has 0 saturated carbocycles. The molecular formula is C23H33FIN7O. The first-order valence-corrected chi connectivity index (χ1v) is 10.9. The largest absolute Gasteiger partial charge is 0.357 e. The number of likely N-dealkylation sites (N-methyl/N-ethyl adjacent to an activating group) is 1. The Balaban J connectivity index is 0.00000385. The molecule has 0 radical (unpaired) electrons. The second kappa shape index (κ2) is 13.3. The summed E-state index contributed by atoms with van der Waals surface area (Å²) in [6.07, 6.45) is 2.48. The van der Waals surface area contributed by atoms with Crippen LogP contribution in [0, 0.1) is 5.82 Å². The maximum Gasteiger partial charge on any atom is 0.238 e. The molecule has 1 amide bonds. The second-order valence-corrected chi connectivity index (χ2v) is 8.07. The van der Waals surface area contributed by atoms with Gasteiger partial charge in [0.25, 0.3) is 0 Å². The van der Waals surface area contributed by atoms with E-state index < -0.39 is 0 Å². The fourth-order valence-corrected chi connectivity index (χ4v) is 3.60. The lowest BCUT2D eigenvalue weighted by Gasteiger charge is -2.20. The van der Waals surface area contributed by atoms with Gasteiger partial charge in [-0.25, -0.2) is 14.4 Å². The first-order valence-electron chi connectivity index (χ1n) is 10.9. The number of pyridine rings is 1. The zero-order valence-corrected chi connectivity index (χ0v) is 21.7. The van der Waals surface area contributed by atoms with Gasteiger partial charge in [0, 0.05) is 37.6 Å². The fourth-order valence-electron chi connectivity index (χ4n) is 3.60. The highest BCUT2D eigenvalue weighted by molar-refractivity contribution is 14.0. The Morgan fingerprint density at radius 1 is 1.30 bits per heavy atom. The molecule has 2 aromatic rings. The van der Waals surface area contributed by atoms with Crippen LogP contribution >= 0.6 is 24.0 Å². The predicted molar refractivity (Wildman–Crippen MR) is 142 cm³/mol. The van der Waals surface area contributed by atoms with Crippen molar-refractivity contribution in [3.8, 4) is 0 Å². The molecule has 2 heterocycles. The smallest absolute Gasteiger partial charge is 0.238 e. The van der Waals surface area contributed by atoms with Crippen molar-refractivity contribution in [3.63, 3.8) is 0 Å². The van der Waals surface area contributed by atoms with Crippen LogP contribution in [0.15, 0.2) is 47.6 Å². The molecule has 0 aliphatic carbocycles. The van der Waals surface area contributed by atoms with E-state index in [1.807, 2.05) is 55.1 Å². The summed E-state index contributed by atoms with van der Waals surface area (Å²) >= 11 is 0. The van der Waals surface area contributed by atoms with Crippen LogP contribution in [0.4, 0.5) is 15.9 Å². The highest BCUT2D eigenvalue weighted by Crippen LogP contribution is 2.20. The lowest BCUT2D eigenvalue weighted by atomic mass is 10.2. The van der Waals surface area contributed by atoms with E-state index in [9.17, 15) is 9.18 Å². The van der Waals surface area contributed by atoms with E-state index in [0.29, 0.717) is 31.4 Å². The Bertz CT molecular complexity index is 941. The molecule has 1 saturated heterocycles. The lowest BCUT2D eigenvalue weighted by Crippen LogP contribution is -2.44. The van der Waals surface area contributed by atoms with Gasteiger partial charge in [0.2, 0.25) is 5.91 Å². The third kappa shape index (κ3) is 8.43. The van der Waals surface area contributed by atoms with Gasteiger partial charge >= 0.3 is 0 Å². The van der Waals surface area contributed by atoms with Crippen LogP contribution in [-0.4, -0.2) is 68.1 Å². The molecule has 0 bridgehead atoms. The molecule has 1 aromatic carbocycles. The van der Waals surface area contributed by atoms with Crippen LogP contribution in [0.25, 0.3) is 0 Å². The zero-order chi connectivity index (χ0) is 22.9. The quantitative estimate of drug-likeness (QED) is 0.258. The number of anilines is 2. The van der Waals surface area contributed by atoms with Crippen LogP contribution in [0.1, 0.15) is 18.9 Å². The number of aromatic nitrogens is 1. The minimum atomic E-state index is -0.300. The van der Waals surface area contributed by atoms with Crippen LogP contribution in [-0.2, 0) is 11.3 Å². The number of carbonyl (C=O) groups excluding carboxylic acids is 1. The predicted octanol–water partition coefficient (Wildman–Crippen LogP) is 2.67. The number of nitrogens with one attached hydrogen (secondary N) is 3. The Morgan fingerprint density at radius 3 is 2.85 bits per heavy atom. The minimum absolute atomic E-state index is 0. The Hall–Kier alpha value is -2.47. The number of rotatable bonds is 8. The summed E-state index contributed by atoms with van der Waals surface area (Å²) in [7, 11) is 3.72. The normalized spacial score (nSPS) is 15.8. The van der Waals surface area contributed by atoms with E-state index in [1.54, 1.807) is 12.3 Å². The molecule has 1 aliphatic rings. The summed E-state index contributed by atoms with van der Waals surface area (Å²) in [4.78, 5) is 24.6. The van der Waals surface area contributed by atoms with Crippen LogP contribution in [0.5, 0.6) is 0 Å². The summed E-state index contributed by atoms with van der Waals surface area (Å²) in [6.45, 7) is 4.95. The first-order chi connectivity index (χ1) is 15.4. The Morgan fingerprint density at radius 2 is 2.12 bits per heavy atom. The maximum atomic E-state index is 14.0. The number of guanidine groups is 1. The van der Waals surface area contributed by atoms with Gasteiger partial charge < -0.3 is 25.8 Å². The third-order valence-corrected chi connectivity index (χ3v) is 5.00. The number of amides is 1. The van der Waals surface area contributed by atoms with Gasteiger partial charge in [-0.2, -0.15) is 0 Å². The molecular weight excluding hydrogens is 536 g/mol. The monoisotopic (exact) mass is 569 g/mol. The molecule has 180 valence electrons. The van der Waals surface area contributed by atoms with Crippen LogP contribution in [0.2, 0.25) is 0 Å². The third-order valence-electron chi connectivity index (χ3n) is 5.00. The summed E-state index contributed by atoms with van der Waals surface area (Å²) in [5.74, 6) is 0.752. The summed E-state index contributed by atoms with van der Waals surface area (Å²) in [5, 5.41) is 9.62. The molecule has 1 atom stereocenters. The molecule has 33 heavy (non-hydrogen) atoms. The Kier molecular flexibility index (Phi) is 10.8. The average molecular weight is 569 g/mol. The number of carbonyl (C=O) groups is 1. The molecule has 8 nitrogen and oxygen atoms in total. The van der Waals surface area contributed by atoms with Crippen molar-refractivity contribution >= 4 is 47.3 Å². The van der Waals surface area contributed by atoms with Crippen molar-refractivity contribution in [2.75, 3.05) is 50.5 Å². The summed E-state index contributed by atoms with van der Waals surface area (Å²) in [5.41, 5.74) is 1.75. The lowest BCUT2D eigenvalue weighted by molar-refractivity contribution is -0.116. The van der Waals surface area contributed by atoms with Gasteiger partial charge in [-0.1, -0.05) is 12.1 Å². The zero-order valence-electron chi connectivity index (χ0n) is 19.3. The van der Waals surface area contributed by atoms with E-state index in [-0.39, 0.29) is 41.7 Å². The van der Waals surface area contributed by atoms with Gasteiger partial charge in [-0.3, -0.25) is 4.79 Å². The number of hydrogen-bond acceptors (Lipinski definition) is 5. The highest BCUT2D eigenvalue weighted by Gasteiger charge is 2.25. The maximum absolute atomic E-state index is 14.0. The minimum Gasteiger partial charge on any atom is -0.357 e. The van der Waals surface area contributed by atoms with Crippen molar-refractivity contribution < 1.29 is 9.18 Å². The molecule has 1 aromatic heterocycles. The standard InChI is InChI=1S/C23H32FN7O.HI/c1-4-25-23(29-19-10-12-31(15-19)22-20(24)9-6-11-26-22)27-14-17-7-5-8-18(13-17)28-21(32)16-30(2)3;/h5-9,11,13,19H,4,10,12,14-16H2,1-3H3,(H,28,32)(H2,25,27,29);1H. The van der Waals surface area contributed by atoms with Crippen LogP contribution < -0.4 is 20.9 Å². The molecule has 0 spiro atoms. The summed E-state index contributed by atoms with van der Waals surface area (Å²) in [6, 6.07) is 10.9. The molecule has 1 fully saturated rings. The topological polar surface area (TPSA) is 84.9 Å². The Labute approximate surface area is 212 Å². The van der Waals surface area contributed by atoms with Gasteiger partial charge in [0.15, 0.2) is 17.6 Å².